The zero-order chi connectivity index (χ0) is 30.7. The predicted octanol–water partition coefficient (Wildman–Crippen LogP) is 6.34. The number of nitrogens with zero attached hydrogens (tertiary/aromatic N) is 2. The van der Waals surface area contributed by atoms with E-state index in [0.717, 1.165) is 28.1 Å². The van der Waals surface area contributed by atoms with E-state index in [1.54, 1.807) is 30.0 Å². The van der Waals surface area contributed by atoms with Crippen molar-refractivity contribution in [1.82, 2.24) is 4.90 Å². The molecule has 9 heteroatoms. The zero-order valence-corrected chi connectivity index (χ0v) is 26.3. The van der Waals surface area contributed by atoms with Gasteiger partial charge in [-0.2, -0.15) is 0 Å². The second-order valence-corrected chi connectivity index (χ2v) is 15.9. The molecule has 0 saturated heterocycles. The van der Waals surface area contributed by atoms with Crippen LogP contribution in [-0.4, -0.2) is 56.6 Å². The fraction of sp³-hybridized carbons (Fsp3) is 0.412. The summed E-state index contributed by atoms with van der Waals surface area (Å²) in [5.74, 6) is 0.123. The highest BCUT2D eigenvalue weighted by Gasteiger charge is 2.49. The van der Waals surface area contributed by atoms with Crippen LogP contribution in [0.5, 0.6) is 5.75 Å². The maximum Gasteiger partial charge on any atom is 0.248 e. The molecule has 2 amide bonds. The van der Waals surface area contributed by atoms with E-state index in [1.165, 1.54) is 0 Å². The van der Waals surface area contributed by atoms with Crippen LogP contribution in [0.1, 0.15) is 42.6 Å². The van der Waals surface area contributed by atoms with E-state index in [1.807, 2.05) is 79.7 Å². The molecule has 2 aliphatic heterocycles. The van der Waals surface area contributed by atoms with Crippen molar-refractivity contribution in [1.29, 1.82) is 0 Å². The highest BCUT2D eigenvalue weighted by Crippen LogP contribution is 2.49. The number of fused-ring (bicyclic) bond motifs is 2. The first-order valence-electron chi connectivity index (χ1n) is 15.0. The van der Waals surface area contributed by atoms with Gasteiger partial charge in [-0.3, -0.25) is 14.5 Å². The maximum atomic E-state index is 16.1. The molecule has 3 aromatic rings. The number of aliphatic hydroxyl groups is 1. The van der Waals surface area contributed by atoms with Crippen LogP contribution >= 0.6 is 0 Å². The van der Waals surface area contributed by atoms with E-state index in [2.05, 4.69) is 0 Å². The third-order valence-corrected chi connectivity index (χ3v) is 11.1. The molecule has 0 radical (unpaired) electrons. The lowest BCUT2D eigenvalue weighted by Crippen LogP contribution is -2.48. The van der Waals surface area contributed by atoms with Gasteiger partial charge in [0.25, 0.3) is 0 Å². The fourth-order valence-electron chi connectivity index (χ4n) is 6.50. The van der Waals surface area contributed by atoms with E-state index < -0.39 is 26.2 Å². The average molecular weight is 605 g/mol. The quantitative estimate of drug-likeness (QED) is 0.216. The summed E-state index contributed by atoms with van der Waals surface area (Å²) in [7, 11) is -1.81. The number of benzene rings is 3. The Balaban J connectivity index is 1.43. The Morgan fingerprint density at radius 3 is 2.53 bits per heavy atom. The summed E-state index contributed by atoms with van der Waals surface area (Å²) in [4.78, 5) is 30.1. The van der Waals surface area contributed by atoms with Crippen molar-refractivity contribution in [3.05, 3.63) is 89.5 Å². The molecule has 0 aliphatic carbocycles. The Kier molecular flexibility index (Phi) is 9.34. The average Bonchev–Trinajstić information content (AvgIpc) is 2.99. The summed E-state index contributed by atoms with van der Waals surface area (Å²) in [6, 6.07) is 23.1. The lowest BCUT2D eigenvalue weighted by Gasteiger charge is -2.43. The SMILES string of the molecule is CO[C@@H]1c2cc(N3C(=O)CCc4ccccc43)ccc2O[C@H](C(CC(=O)N(CCO)Cc2ccccc2)[Si](C)(C)F)[C@H]1C. The third kappa shape index (κ3) is 6.54. The van der Waals surface area contributed by atoms with Gasteiger partial charge >= 0.3 is 0 Å². The number of hydrogen-bond donors (Lipinski definition) is 1. The third-order valence-electron chi connectivity index (χ3n) is 8.77. The number of carbonyl (C=O) groups is 2. The summed E-state index contributed by atoms with van der Waals surface area (Å²) >= 11 is 0. The topological polar surface area (TPSA) is 79.3 Å². The molecule has 2 aliphatic rings. The summed E-state index contributed by atoms with van der Waals surface area (Å²) in [6.07, 6.45) is 0.101. The molecule has 4 atom stereocenters. The number of carbonyl (C=O) groups excluding carboxylic acids is 2. The van der Waals surface area contributed by atoms with Crippen LogP contribution in [0.4, 0.5) is 15.5 Å². The van der Waals surface area contributed by atoms with E-state index in [9.17, 15) is 14.7 Å². The van der Waals surface area contributed by atoms with Crippen LogP contribution < -0.4 is 9.64 Å². The van der Waals surface area contributed by atoms with Crippen LogP contribution in [0.2, 0.25) is 18.6 Å². The van der Waals surface area contributed by atoms with E-state index in [-0.39, 0.29) is 37.3 Å². The molecular formula is C34H41FN2O5Si. The number of ether oxygens (including phenoxy) is 2. The highest BCUT2D eigenvalue weighted by atomic mass is 28.4. The second-order valence-electron chi connectivity index (χ2n) is 12.1. The standard InChI is InChI=1S/C34H41FN2O5Si/c1-23-33(41-2)27-20-26(37-28-13-9-8-12-25(28)14-17-31(37)39)15-16-29(27)42-34(23)30(43(3,4)35)21-32(40)36(18-19-38)22-24-10-6-5-7-11-24/h5-13,15-16,20,23,30,33-34,38H,14,17-19,21-22H2,1-4H3/t23-,30?,33-,34-/m0/s1. The number of aryl methyl sites for hydroxylation is 1. The molecule has 0 saturated carbocycles. The van der Waals surface area contributed by atoms with Crippen molar-refractivity contribution in [3.8, 4) is 5.75 Å². The predicted molar refractivity (Wildman–Crippen MR) is 168 cm³/mol. The summed E-state index contributed by atoms with van der Waals surface area (Å²) in [6.45, 7) is 5.54. The molecule has 7 nitrogen and oxygen atoms in total. The number of halogens is 1. The molecule has 228 valence electrons. The Morgan fingerprint density at radius 2 is 1.84 bits per heavy atom. The summed E-state index contributed by atoms with van der Waals surface area (Å²) in [5.41, 5.74) is 3.83. The van der Waals surface area contributed by atoms with E-state index in [0.29, 0.717) is 25.1 Å². The molecule has 0 aromatic heterocycles. The Bertz CT molecular complexity index is 1450. The number of amides is 2. The van der Waals surface area contributed by atoms with Gasteiger partial charge in [0.2, 0.25) is 20.2 Å². The van der Waals surface area contributed by atoms with Crippen molar-refractivity contribution in [3.63, 3.8) is 0 Å². The van der Waals surface area contributed by atoms with Crippen molar-refractivity contribution >= 4 is 31.6 Å². The second kappa shape index (κ2) is 13.0. The monoisotopic (exact) mass is 604 g/mol. The van der Waals surface area contributed by atoms with Crippen molar-refractivity contribution < 1.29 is 28.3 Å². The Hall–Kier alpha value is -3.53. The first-order chi connectivity index (χ1) is 20.6. The number of para-hydroxylation sites is 1. The van der Waals surface area contributed by atoms with Gasteiger partial charge < -0.3 is 23.6 Å². The molecule has 2 heterocycles. The maximum absolute atomic E-state index is 16.1. The summed E-state index contributed by atoms with van der Waals surface area (Å²) in [5, 5.41) is 9.69. The van der Waals surface area contributed by atoms with Gasteiger partial charge in [-0.05, 0) is 54.9 Å². The van der Waals surface area contributed by atoms with E-state index >= 15 is 4.11 Å². The molecule has 1 N–H and O–H groups in total. The minimum atomic E-state index is -3.43. The first kappa shape index (κ1) is 30.9. The Morgan fingerprint density at radius 1 is 1.12 bits per heavy atom. The van der Waals surface area contributed by atoms with Crippen LogP contribution in [-0.2, 0) is 27.3 Å². The molecule has 43 heavy (non-hydrogen) atoms. The van der Waals surface area contributed by atoms with Gasteiger partial charge in [-0.25, -0.2) is 0 Å². The van der Waals surface area contributed by atoms with Crippen molar-refractivity contribution in [2.75, 3.05) is 25.2 Å². The lowest BCUT2D eigenvalue weighted by atomic mass is 9.86. The van der Waals surface area contributed by atoms with Gasteiger partial charge in [0, 0.05) is 55.8 Å². The normalized spacial score (nSPS) is 20.6. The fourth-order valence-corrected chi connectivity index (χ4v) is 8.31. The van der Waals surface area contributed by atoms with Crippen molar-refractivity contribution in [2.45, 2.75) is 63.6 Å². The molecule has 0 spiro atoms. The Labute approximate surface area is 254 Å². The minimum Gasteiger partial charge on any atom is -0.490 e. The number of anilines is 2. The van der Waals surface area contributed by atoms with Crippen molar-refractivity contribution in [2.24, 2.45) is 5.92 Å². The zero-order valence-electron chi connectivity index (χ0n) is 25.3. The van der Waals surface area contributed by atoms with Gasteiger partial charge in [-0.1, -0.05) is 55.5 Å². The van der Waals surface area contributed by atoms with Gasteiger partial charge in [0.15, 0.2) is 0 Å². The number of aliphatic hydroxyl groups excluding tert-OH is 1. The van der Waals surface area contributed by atoms with Crippen LogP contribution in [0.3, 0.4) is 0 Å². The van der Waals surface area contributed by atoms with Gasteiger partial charge in [0.05, 0.1) is 18.4 Å². The number of methoxy groups -OCH3 is 1. The molecule has 0 bridgehead atoms. The molecular weight excluding hydrogens is 563 g/mol. The summed E-state index contributed by atoms with van der Waals surface area (Å²) < 4.78 is 28.7. The highest BCUT2D eigenvalue weighted by molar-refractivity contribution is 6.72. The molecule has 1 unspecified atom stereocenters. The number of hydrogen-bond acceptors (Lipinski definition) is 5. The van der Waals surface area contributed by atoms with Crippen LogP contribution in [0.15, 0.2) is 72.8 Å². The van der Waals surface area contributed by atoms with Crippen LogP contribution in [0, 0.1) is 5.92 Å². The number of rotatable bonds is 10. The smallest absolute Gasteiger partial charge is 0.248 e. The molecule has 3 aromatic carbocycles. The van der Waals surface area contributed by atoms with Gasteiger partial charge in [-0.15, -0.1) is 0 Å². The molecule has 5 rings (SSSR count). The lowest BCUT2D eigenvalue weighted by molar-refractivity contribution is -0.133. The van der Waals surface area contributed by atoms with Crippen LogP contribution in [0.25, 0.3) is 0 Å². The minimum absolute atomic E-state index is 0.0273. The molecule has 0 fully saturated rings. The van der Waals surface area contributed by atoms with E-state index in [4.69, 9.17) is 9.47 Å². The largest absolute Gasteiger partial charge is 0.490 e. The first-order valence-corrected chi connectivity index (χ1v) is 17.9. The van der Waals surface area contributed by atoms with Gasteiger partial charge in [0.1, 0.15) is 11.9 Å².